The Bertz CT molecular complexity index is 879. The van der Waals surface area contributed by atoms with E-state index in [2.05, 4.69) is 24.5 Å². The number of ether oxygens (including phenoxy) is 1. The summed E-state index contributed by atoms with van der Waals surface area (Å²) in [6, 6.07) is 4.48. The molecule has 2 aliphatic rings. The van der Waals surface area contributed by atoms with E-state index in [0.717, 1.165) is 43.2 Å². The molecule has 33 heavy (non-hydrogen) atoms. The molecular formula is C25H37N3O5. The van der Waals surface area contributed by atoms with Crippen LogP contribution in [0.3, 0.4) is 0 Å². The summed E-state index contributed by atoms with van der Waals surface area (Å²) in [6.07, 6.45) is 5.66. The van der Waals surface area contributed by atoms with Crippen molar-refractivity contribution in [3.63, 3.8) is 0 Å². The van der Waals surface area contributed by atoms with Crippen molar-refractivity contribution < 1.29 is 24.2 Å². The van der Waals surface area contributed by atoms with Crippen LogP contribution in [-0.2, 0) is 26.2 Å². The number of amides is 2. The summed E-state index contributed by atoms with van der Waals surface area (Å²) in [6.45, 7) is 4.57. The Balaban J connectivity index is 1.68. The van der Waals surface area contributed by atoms with Gasteiger partial charge in [0.2, 0.25) is 11.8 Å². The second kappa shape index (κ2) is 10.7. The van der Waals surface area contributed by atoms with Crippen LogP contribution in [0.15, 0.2) is 18.2 Å². The Labute approximate surface area is 195 Å². The molecule has 1 aromatic carbocycles. The average molecular weight is 460 g/mol. The van der Waals surface area contributed by atoms with Crippen molar-refractivity contribution >= 4 is 17.8 Å². The molecule has 0 bridgehead atoms. The number of carbonyl (C=O) groups is 3. The van der Waals surface area contributed by atoms with Crippen LogP contribution in [0.5, 0.6) is 0 Å². The predicted octanol–water partition coefficient (Wildman–Crippen LogP) is 2.13. The normalized spacial score (nSPS) is 23.4. The van der Waals surface area contributed by atoms with E-state index in [9.17, 15) is 19.5 Å². The van der Waals surface area contributed by atoms with Gasteiger partial charge < -0.3 is 26.2 Å². The molecule has 1 saturated carbocycles. The molecule has 5 N–H and O–H groups in total. The van der Waals surface area contributed by atoms with Crippen LogP contribution < -0.4 is 16.4 Å². The quantitative estimate of drug-likeness (QED) is 0.447. The molecule has 2 amide bonds. The van der Waals surface area contributed by atoms with Crippen molar-refractivity contribution in [3.8, 4) is 0 Å². The summed E-state index contributed by atoms with van der Waals surface area (Å²) in [4.78, 5) is 36.1. The maximum atomic E-state index is 12.6. The topological polar surface area (TPSA) is 131 Å². The highest BCUT2D eigenvalue weighted by molar-refractivity contribution is 5.93. The molecule has 0 saturated heterocycles. The monoisotopic (exact) mass is 459 g/mol. The lowest BCUT2D eigenvalue weighted by Crippen LogP contribution is -2.57. The number of carboxylic acid groups (broad SMARTS) is 1. The smallest absolute Gasteiger partial charge is 0.326 e. The fraction of sp³-hybridized carbons (Fsp3) is 0.640. The Morgan fingerprint density at radius 2 is 1.91 bits per heavy atom. The Hall–Kier alpha value is -2.45. The van der Waals surface area contributed by atoms with Crippen LogP contribution in [0, 0.1) is 5.92 Å². The van der Waals surface area contributed by atoms with E-state index in [1.54, 1.807) is 13.2 Å². The standard InChI is InChI=1S/C25H37N3O5/c1-25(2)18-13-17(22(26)29)10-9-16(18)14-20(33-3)21(25)27-12-11-19(24(31)32)28-23(30)15-7-5-4-6-8-15/h9-10,13,15,19-21,27H,4-8,11-12,14H2,1-3H3,(H2,26,29)(H,28,30)(H,31,32)/t19-,20-,21+/m0/s1. The third-order valence-electron chi connectivity index (χ3n) is 7.35. The van der Waals surface area contributed by atoms with Gasteiger partial charge in [-0.1, -0.05) is 39.2 Å². The van der Waals surface area contributed by atoms with Crippen molar-refractivity contribution in [1.82, 2.24) is 10.6 Å². The van der Waals surface area contributed by atoms with Gasteiger partial charge in [-0.2, -0.15) is 0 Å². The van der Waals surface area contributed by atoms with Crippen LogP contribution in [0.25, 0.3) is 0 Å². The maximum Gasteiger partial charge on any atom is 0.326 e. The van der Waals surface area contributed by atoms with Crippen LogP contribution in [0.2, 0.25) is 0 Å². The van der Waals surface area contributed by atoms with Crippen LogP contribution >= 0.6 is 0 Å². The van der Waals surface area contributed by atoms with Gasteiger partial charge in [-0.05, 0) is 49.1 Å². The zero-order valence-corrected chi connectivity index (χ0v) is 19.9. The molecule has 1 aromatic rings. The summed E-state index contributed by atoms with van der Waals surface area (Å²) < 4.78 is 5.78. The van der Waals surface area contributed by atoms with E-state index in [1.807, 2.05) is 12.1 Å². The third-order valence-corrected chi connectivity index (χ3v) is 7.35. The number of methoxy groups -OCH3 is 1. The van der Waals surface area contributed by atoms with E-state index >= 15 is 0 Å². The summed E-state index contributed by atoms with van der Waals surface area (Å²) in [5, 5.41) is 15.9. The molecule has 0 aromatic heterocycles. The number of carboxylic acids is 1. The second-order valence-corrected chi connectivity index (χ2v) is 9.89. The minimum absolute atomic E-state index is 0.0836. The predicted molar refractivity (Wildman–Crippen MR) is 125 cm³/mol. The molecule has 0 aliphatic heterocycles. The molecule has 0 heterocycles. The highest BCUT2D eigenvalue weighted by Crippen LogP contribution is 2.38. The lowest BCUT2D eigenvalue weighted by molar-refractivity contribution is -0.142. The molecule has 0 spiro atoms. The Morgan fingerprint density at radius 1 is 1.21 bits per heavy atom. The second-order valence-electron chi connectivity index (χ2n) is 9.89. The Kier molecular flexibility index (Phi) is 8.13. The molecule has 3 atom stereocenters. The van der Waals surface area contributed by atoms with Crippen molar-refractivity contribution in [1.29, 1.82) is 0 Å². The number of carbonyl (C=O) groups excluding carboxylic acids is 2. The highest BCUT2D eigenvalue weighted by atomic mass is 16.5. The highest BCUT2D eigenvalue weighted by Gasteiger charge is 2.43. The molecule has 1 fully saturated rings. The first-order valence-corrected chi connectivity index (χ1v) is 11.9. The average Bonchev–Trinajstić information content (AvgIpc) is 2.79. The van der Waals surface area contributed by atoms with E-state index in [0.29, 0.717) is 18.5 Å². The number of hydrogen-bond acceptors (Lipinski definition) is 5. The van der Waals surface area contributed by atoms with Crippen LogP contribution in [0.4, 0.5) is 0 Å². The maximum absolute atomic E-state index is 12.6. The molecule has 2 aliphatic carbocycles. The van der Waals surface area contributed by atoms with Gasteiger partial charge in [-0.15, -0.1) is 0 Å². The van der Waals surface area contributed by atoms with Gasteiger partial charge in [0.25, 0.3) is 0 Å². The fourth-order valence-corrected chi connectivity index (χ4v) is 5.38. The summed E-state index contributed by atoms with van der Waals surface area (Å²) in [5.41, 5.74) is 7.71. The van der Waals surface area contributed by atoms with Gasteiger partial charge in [0.1, 0.15) is 6.04 Å². The fourth-order valence-electron chi connectivity index (χ4n) is 5.38. The lowest BCUT2D eigenvalue weighted by atomic mass is 9.67. The molecule has 0 radical (unpaired) electrons. The van der Waals surface area contributed by atoms with E-state index in [1.165, 1.54) is 0 Å². The van der Waals surface area contributed by atoms with Gasteiger partial charge >= 0.3 is 5.97 Å². The number of rotatable bonds is 9. The lowest BCUT2D eigenvalue weighted by Gasteiger charge is -2.45. The van der Waals surface area contributed by atoms with Gasteiger partial charge in [-0.3, -0.25) is 9.59 Å². The number of nitrogens with one attached hydrogen (secondary N) is 2. The van der Waals surface area contributed by atoms with Crippen molar-refractivity contribution in [3.05, 3.63) is 34.9 Å². The van der Waals surface area contributed by atoms with Gasteiger partial charge in [0, 0.05) is 36.5 Å². The first-order valence-electron chi connectivity index (χ1n) is 11.9. The van der Waals surface area contributed by atoms with Crippen LogP contribution in [-0.4, -0.2) is 54.7 Å². The van der Waals surface area contributed by atoms with Crippen molar-refractivity contribution in [2.75, 3.05) is 13.7 Å². The number of hydrogen-bond donors (Lipinski definition) is 4. The molecule has 182 valence electrons. The molecule has 0 unspecified atom stereocenters. The summed E-state index contributed by atoms with van der Waals surface area (Å²) >= 11 is 0. The molecule has 3 rings (SSSR count). The van der Waals surface area contributed by atoms with E-state index < -0.39 is 17.9 Å². The number of primary amides is 1. The first kappa shape index (κ1) is 25.2. The summed E-state index contributed by atoms with van der Waals surface area (Å²) in [5.74, 6) is -1.73. The van der Waals surface area contributed by atoms with Crippen LogP contribution in [0.1, 0.15) is 73.9 Å². The SMILES string of the molecule is CO[C@H]1Cc2ccc(C(N)=O)cc2C(C)(C)[C@@H]1NCC[C@H](NC(=O)C1CCCCC1)C(=O)O. The number of benzene rings is 1. The minimum Gasteiger partial charge on any atom is -0.480 e. The zero-order valence-electron chi connectivity index (χ0n) is 19.9. The van der Waals surface area contributed by atoms with Gasteiger partial charge in [0.05, 0.1) is 6.10 Å². The third kappa shape index (κ3) is 5.73. The molecule has 8 nitrogen and oxygen atoms in total. The minimum atomic E-state index is -1.02. The number of fused-ring (bicyclic) bond motifs is 1. The van der Waals surface area contributed by atoms with Gasteiger partial charge in [0.15, 0.2) is 0 Å². The molecule has 8 heteroatoms. The van der Waals surface area contributed by atoms with E-state index in [-0.39, 0.29) is 35.8 Å². The largest absolute Gasteiger partial charge is 0.480 e. The zero-order chi connectivity index (χ0) is 24.2. The van der Waals surface area contributed by atoms with Crippen molar-refractivity contribution in [2.45, 2.75) is 82.4 Å². The first-order chi connectivity index (χ1) is 15.6. The number of aliphatic carboxylic acids is 1. The van der Waals surface area contributed by atoms with Crippen molar-refractivity contribution in [2.24, 2.45) is 11.7 Å². The molecular weight excluding hydrogens is 422 g/mol. The van der Waals surface area contributed by atoms with E-state index in [4.69, 9.17) is 10.5 Å². The van der Waals surface area contributed by atoms with Gasteiger partial charge in [-0.25, -0.2) is 4.79 Å². The number of nitrogens with two attached hydrogens (primary N) is 1. The summed E-state index contributed by atoms with van der Waals surface area (Å²) in [7, 11) is 1.67. The Morgan fingerprint density at radius 3 is 2.52 bits per heavy atom.